The molecule has 0 bridgehead atoms. The van der Waals surface area contributed by atoms with Crippen molar-refractivity contribution in [3.05, 3.63) is 65.5 Å². The van der Waals surface area contributed by atoms with Gasteiger partial charge < -0.3 is 14.8 Å². The van der Waals surface area contributed by atoms with E-state index in [2.05, 4.69) is 20.4 Å². The first-order valence-electron chi connectivity index (χ1n) is 9.23. The molecule has 1 aliphatic heterocycles. The van der Waals surface area contributed by atoms with Crippen molar-refractivity contribution in [1.82, 2.24) is 5.32 Å². The molecule has 1 saturated heterocycles. The van der Waals surface area contributed by atoms with Gasteiger partial charge in [0.25, 0.3) is 5.91 Å². The zero-order valence-corrected chi connectivity index (χ0v) is 16.0. The number of carbonyl (C=O) groups is 2. The number of rotatable bonds is 5. The maximum atomic E-state index is 13.1. The van der Waals surface area contributed by atoms with Crippen LogP contribution in [0.2, 0.25) is 0 Å². The highest BCUT2D eigenvalue weighted by molar-refractivity contribution is 6.10. The van der Waals surface area contributed by atoms with Crippen molar-refractivity contribution in [2.24, 2.45) is 4.99 Å². The smallest absolute Gasteiger partial charge is 0.337 e. The third-order valence-electron chi connectivity index (χ3n) is 4.38. The van der Waals surface area contributed by atoms with E-state index in [1.807, 2.05) is 0 Å². The summed E-state index contributed by atoms with van der Waals surface area (Å²) in [5.74, 6) is -1.01. The summed E-state index contributed by atoms with van der Waals surface area (Å²) in [5.41, 5.74) is 1.28. The molecule has 29 heavy (non-hydrogen) atoms. The monoisotopic (exact) mass is 399 g/mol. The Kier molecular flexibility index (Phi) is 6.91. The summed E-state index contributed by atoms with van der Waals surface area (Å²) in [5, 5.41) is 5.71. The van der Waals surface area contributed by atoms with Gasteiger partial charge in [0.2, 0.25) is 5.96 Å². The van der Waals surface area contributed by atoms with Crippen molar-refractivity contribution in [1.29, 1.82) is 0 Å². The zero-order valence-electron chi connectivity index (χ0n) is 16.0. The van der Waals surface area contributed by atoms with Crippen LogP contribution in [0.25, 0.3) is 0 Å². The number of nitrogens with zero attached hydrogens (tertiary/aromatic N) is 1. The molecule has 0 aliphatic carbocycles. The lowest BCUT2D eigenvalue weighted by Crippen LogP contribution is -2.36. The van der Waals surface area contributed by atoms with E-state index in [-0.39, 0.29) is 17.9 Å². The fourth-order valence-electron chi connectivity index (χ4n) is 2.82. The first kappa shape index (κ1) is 20.5. The van der Waals surface area contributed by atoms with Gasteiger partial charge in [0.1, 0.15) is 5.82 Å². The van der Waals surface area contributed by atoms with Gasteiger partial charge in [-0.2, -0.15) is 0 Å². The fourth-order valence-corrected chi connectivity index (χ4v) is 2.82. The first-order valence-corrected chi connectivity index (χ1v) is 9.23. The van der Waals surface area contributed by atoms with Gasteiger partial charge in [-0.3, -0.25) is 10.1 Å². The van der Waals surface area contributed by atoms with E-state index in [0.717, 1.165) is 12.8 Å². The van der Waals surface area contributed by atoms with Crippen molar-refractivity contribution < 1.29 is 23.5 Å². The summed E-state index contributed by atoms with van der Waals surface area (Å²) >= 11 is 0. The normalized spacial score (nSPS) is 16.3. The molecular weight excluding hydrogens is 377 g/mol. The third-order valence-corrected chi connectivity index (χ3v) is 4.38. The predicted octanol–water partition coefficient (Wildman–Crippen LogP) is 2.99. The van der Waals surface area contributed by atoms with Crippen LogP contribution in [-0.4, -0.2) is 44.2 Å². The van der Waals surface area contributed by atoms with Gasteiger partial charge in [-0.15, -0.1) is 0 Å². The average Bonchev–Trinajstić information content (AvgIpc) is 3.27. The lowest BCUT2D eigenvalue weighted by molar-refractivity contribution is 0.0600. The number of amides is 1. The number of ether oxygens (including phenoxy) is 2. The maximum absolute atomic E-state index is 13.1. The second-order valence-corrected chi connectivity index (χ2v) is 6.48. The summed E-state index contributed by atoms with van der Waals surface area (Å²) in [6.07, 6.45) is 1.91. The van der Waals surface area contributed by atoms with Gasteiger partial charge in [-0.05, 0) is 61.4 Å². The second-order valence-electron chi connectivity index (χ2n) is 6.48. The Morgan fingerprint density at radius 2 is 1.83 bits per heavy atom. The van der Waals surface area contributed by atoms with E-state index in [0.29, 0.717) is 30.0 Å². The molecule has 0 radical (unpaired) electrons. The topological polar surface area (TPSA) is 89.0 Å². The molecule has 1 amide bonds. The van der Waals surface area contributed by atoms with E-state index in [1.54, 1.807) is 12.1 Å². The van der Waals surface area contributed by atoms with E-state index >= 15 is 0 Å². The molecule has 1 unspecified atom stereocenters. The van der Waals surface area contributed by atoms with Gasteiger partial charge in [0.15, 0.2) is 0 Å². The van der Waals surface area contributed by atoms with Crippen LogP contribution in [0, 0.1) is 5.82 Å². The van der Waals surface area contributed by atoms with Gasteiger partial charge in [-0.25, -0.2) is 14.2 Å². The van der Waals surface area contributed by atoms with E-state index in [9.17, 15) is 14.0 Å². The summed E-state index contributed by atoms with van der Waals surface area (Å²) in [6, 6.07) is 11.8. The zero-order chi connectivity index (χ0) is 20.6. The van der Waals surface area contributed by atoms with Crippen LogP contribution < -0.4 is 10.6 Å². The molecule has 7 nitrogen and oxygen atoms in total. The van der Waals surface area contributed by atoms with Crippen LogP contribution in [0.3, 0.4) is 0 Å². The largest absolute Gasteiger partial charge is 0.465 e. The number of hydrogen-bond acceptors (Lipinski definition) is 5. The minimum atomic E-state index is -0.478. The Morgan fingerprint density at radius 3 is 2.45 bits per heavy atom. The lowest BCUT2D eigenvalue weighted by Gasteiger charge is -2.13. The first-order chi connectivity index (χ1) is 14.0. The van der Waals surface area contributed by atoms with E-state index in [4.69, 9.17) is 4.74 Å². The highest BCUT2D eigenvalue weighted by Crippen LogP contribution is 2.13. The summed E-state index contributed by atoms with van der Waals surface area (Å²) in [6.45, 7) is 1.10. The Hall–Kier alpha value is -3.26. The molecule has 0 saturated carbocycles. The second kappa shape index (κ2) is 9.79. The average molecular weight is 399 g/mol. The van der Waals surface area contributed by atoms with Crippen molar-refractivity contribution in [3.63, 3.8) is 0 Å². The summed E-state index contributed by atoms with van der Waals surface area (Å²) in [7, 11) is 1.29. The number of aliphatic imine (C=N–C) groups is 1. The number of halogens is 1. The number of guanidine groups is 1. The quantitative estimate of drug-likeness (QED) is 0.458. The number of benzene rings is 2. The molecule has 2 aromatic rings. The third kappa shape index (κ3) is 5.86. The highest BCUT2D eigenvalue weighted by Gasteiger charge is 2.16. The number of carbonyl (C=O) groups excluding carboxylic acids is 2. The standard InChI is InChI=1S/C21H22FN3O4/c1-28-20(27)15-6-4-14(5-7-15)19(26)25-21(23-13-18-3-2-12-29-18)24-17-10-8-16(22)9-11-17/h4-11,18H,2-3,12-13H2,1H3,(H2,23,24,25,26). The number of methoxy groups -OCH3 is 1. The van der Waals surface area contributed by atoms with Crippen molar-refractivity contribution in [2.75, 3.05) is 25.6 Å². The fraction of sp³-hybridized carbons (Fsp3) is 0.286. The highest BCUT2D eigenvalue weighted by atomic mass is 19.1. The van der Waals surface area contributed by atoms with Crippen molar-refractivity contribution in [2.45, 2.75) is 18.9 Å². The summed E-state index contributed by atoms with van der Waals surface area (Å²) in [4.78, 5) is 28.6. The summed E-state index contributed by atoms with van der Waals surface area (Å²) < 4.78 is 23.4. The molecule has 152 valence electrons. The lowest BCUT2D eigenvalue weighted by atomic mass is 10.1. The minimum Gasteiger partial charge on any atom is -0.465 e. The van der Waals surface area contributed by atoms with E-state index < -0.39 is 11.9 Å². The minimum absolute atomic E-state index is 0.0104. The van der Waals surface area contributed by atoms with Gasteiger partial charge in [0.05, 0.1) is 25.3 Å². The predicted molar refractivity (Wildman–Crippen MR) is 107 cm³/mol. The van der Waals surface area contributed by atoms with Crippen LogP contribution in [0.4, 0.5) is 10.1 Å². The molecule has 8 heteroatoms. The van der Waals surface area contributed by atoms with Crippen LogP contribution in [0.5, 0.6) is 0 Å². The molecule has 1 atom stereocenters. The van der Waals surface area contributed by atoms with Crippen LogP contribution in [-0.2, 0) is 9.47 Å². The number of hydrogen-bond donors (Lipinski definition) is 2. The van der Waals surface area contributed by atoms with Crippen LogP contribution in [0.1, 0.15) is 33.6 Å². The SMILES string of the molecule is COC(=O)c1ccc(C(=O)NC(=NCC2CCCO2)Nc2ccc(F)cc2)cc1. The Balaban J connectivity index is 1.72. The molecule has 2 N–H and O–H groups in total. The van der Waals surface area contributed by atoms with Crippen molar-refractivity contribution >= 4 is 23.5 Å². The maximum Gasteiger partial charge on any atom is 0.337 e. The molecule has 2 aromatic carbocycles. The van der Waals surface area contributed by atoms with Crippen molar-refractivity contribution in [3.8, 4) is 0 Å². The van der Waals surface area contributed by atoms with E-state index in [1.165, 1.54) is 43.5 Å². The molecule has 3 rings (SSSR count). The number of nitrogens with one attached hydrogen (secondary N) is 2. The Labute approximate surface area is 167 Å². The molecule has 1 fully saturated rings. The molecule has 1 aliphatic rings. The van der Waals surface area contributed by atoms with Crippen LogP contribution >= 0.6 is 0 Å². The molecular formula is C21H22FN3O4. The number of anilines is 1. The van der Waals surface area contributed by atoms with Gasteiger partial charge in [0, 0.05) is 17.9 Å². The van der Waals surface area contributed by atoms with Crippen LogP contribution in [0.15, 0.2) is 53.5 Å². The molecule has 0 aromatic heterocycles. The molecule has 0 spiro atoms. The van der Waals surface area contributed by atoms with Gasteiger partial charge >= 0.3 is 5.97 Å². The molecule has 1 heterocycles. The Bertz CT molecular complexity index is 876. The number of esters is 1. The Morgan fingerprint density at radius 1 is 1.14 bits per heavy atom. The van der Waals surface area contributed by atoms with Gasteiger partial charge in [-0.1, -0.05) is 0 Å².